The van der Waals surface area contributed by atoms with Crippen molar-refractivity contribution in [3.05, 3.63) is 22.7 Å². The molecule has 6 nitrogen and oxygen atoms in total. The van der Waals surface area contributed by atoms with Crippen LogP contribution in [0, 0.1) is 0 Å². The van der Waals surface area contributed by atoms with E-state index in [0.717, 1.165) is 12.8 Å². The largest absolute Gasteiger partial charge is 0.481 e. The maximum atomic E-state index is 12.0. The van der Waals surface area contributed by atoms with Crippen molar-refractivity contribution in [2.45, 2.75) is 25.7 Å². The van der Waals surface area contributed by atoms with Crippen LogP contribution in [0.4, 0.5) is 0 Å². The number of carboxylic acid groups (broad SMARTS) is 1. The van der Waals surface area contributed by atoms with Crippen LogP contribution in [-0.4, -0.2) is 30.3 Å². The second-order valence-electron chi connectivity index (χ2n) is 4.65. The van der Waals surface area contributed by atoms with E-state index in [1.165, 1.54) is 6.07 Å². The maximum absolute atomic E-state index is 12.0. The van der Waals surface area contributed by atoms with Crippen LogP contribution in [0.1, 0.15) is 36.0 Å². The summed E-state index contributed by atoms with van der Waals surface area (Å²) < 4.78 is 10.4. The Morgan fingerprint density at radius 1 is 1.24 bits per heavy atom. The summed E-state index contributed by atoms with van der Waals surface area (Å²) in [6.07, 6.45) is 2.26. The van der Waals surface area contributed by atoms with E-state index >= 15 is 0 Å². The van der Waals surface area contributed by atoms with Crippen molar-refractivity contribution in [1.82, 2.24) is 5.32 Å². The average molecular weight is 314 g/mol. The number of aliphatic carboxylic acids is 1. The first-order valence-corrected chi connectivity index (χ1v) is 7.05. The Morgan fingerprint density at radius 3 is 2.81 bits per heavy atom. The lowest BCUT2D eigenvalue weighted by atomic mass is 10.1. The maximum Gasteiger partial charge on any atom is 0.303 e. The van der Waals surface area contributed by atoms with Crippen molar-refractivity contribution in [3.8, 4) is 11.5 Å². The van der Waals surface area contributed by atoms with E-state index in [9.17, 15) is 9.59 Å². The highest BCUT2D eigenvalue weighted by Crippen LogP contribution is 2.39. The number of carbonyl (C=O) groups excluding carboxylic acids is 1. The Morgan fingerprint density at radius 2 is 2.05 bits per heavy atom. The summed E-state index contributed by atoms with van der Waals surface area (Å²) in [5.41, 5.74) is 0.412. The monoisotopic (exact) mass is 313 g/mol. The standard InChI is InChI=1S/C14H16ClNO5/c15-10-6-9(7-11-13(10)21-8-20-11)14(19)16-5-3-1-2-4-12(17)18/h6-7H,1-5,8H2,(H,16,19)(H,17,18). The molecule has 0 spiro atoms. The van der Waals surface area contributed by atoms with Gasteiger partial charge in [0.25, 0.3) is 5.91 Å². The van der Waals surface area contributed by atoms with Gasteiger partial charge in [-0.1, -0.05) is 18.0 Å². The highest BCUT2D eigenvalue weighted by atomic mass is 35.5. The van der Waals surface area contributed by atoms with Gasteiger partial charge in [-0.15, -0.1) is 0 Å². The van der Waals surface area contributed by atoms with Gasteiger partial charge >= 0.3 is 5.97 Å². The molecule has 0 aliphatic carbocycles. The molecule has 0 atom stereocenters. The van der Waals surface area contributed by atoms with Crippen LogP contribution in [0.15, 0.2) is 12.1 Å². The lowest BCUT2D eigenvalue weighted by Gasteiger charge is -2.07. The number of carboxylic acids is 1. The minimum atomic E-state index is -0.797. The molecular weight excluding hydrogens is 298 g/mol. The summed E-state index contributed by atoms with van der Waals surface area (Å²) in [6.45, 7) is 0.591. The van der Waals surface area contributed by atoms with E-state index in [2.05, 4.69) is 5.32 Å². The van der Waals surface area contributed by atoms with Gasteiger partial charge in [0.15, 0.2) is 11.5 Å². The van der Waals surface area contributed by atoms with Gasteiger partial charge in [-0.2, -0.15) is 0 Å². The quantitative estimate of drug-likeness (QED) is 0.755. The molecule has 1 amide bonds. The summed E-state index contributed by atoms with van der Waals surface area (Å²) >= 11 is 6.01. The van der Waals surface area contributed by atoms with Gasteiger partial charge in [-0.3, -0.25) is 9.59 Å². The van der Waals surface area contributed by atoms with Crippen LogP contribution in [0.5, 0.6) is 11.5 Å². The van der Waals surface area contributed by atoms with E-state index in [-0.39, 0.29) is 19.1 Å². The van der Waals surface area contributed by atoms with Crippen molar-refractivity contribution < 1.29 is 24.2 Å². The third-order valence-corrected chi connectivity index (χ3v) is 3.32. The van der Waals surface area contributed by atoms with E-state index in [0.29, 0.717) is 35.1 Å². The fraction of sp³-hybridized carbons (Fsp3) is 0.429. The number of unbranched alkanes of at least 4 members (excludes halogenated alkanes) is 2. The molecule has 0 aromatic heterocycles. The van der Waals surface area contributed by atoms with Crippen molar-refractivity contribution >= 4 is 23.5 Å². The summed E-state index contributed by atoms with van der Waals surface area (Å²) in [5.74, 6) is -0.113. The first kappa shape index (κ1) is 15.4. The van der Waals surface area contributed by atoms with E-state index in [4.69, 9.17) is 26.2 Å². The van der Waals surface area contributed by atoms with Crippen molar-refractivity contribution in [2.24, 2.45) is 0 Å². The SMILES string of the molecule is O=C(O)CCCCCNC(=O)c1cc(Cl)c2c(c1)OCO2. The van der Waals surface area contributed by atoms with Crippen LogP contribution < -0.4 is 14.8 Å². The number of fused-ring (bicyclic) bond motifs is 1. The van der Waals surface area contributed by atoms with Gasteiger partial charge < -0.3 is 19.9 Å². The molecule has 0 radical (unpaired) electrons. The minimum absolute atomic E-state index is 0.101. The second-order valence-corrected chi connectivity index (χ2v) is 5.06. The molecule has 2 N–H and O–H groups in total. The summed E-state index contributed by atoms with van der Waals surface area (Å²) in [4.78, 5) is 22.3. The lowest BCUT2D eigenvalue weighted by Crippen LogP contribution is -2.24. The number of nitrogens with one attached hydrogen (secondary N) is 1. The second kappa shape index (κ2) is 7.17. The highest BCUT2D eigenvalue weighted by molar-refractivity contribution is 6.32. The minimum Gasteiger partial charge on any atom is -0.481 e. The van der Waals surface area contributed by atoms with Crippen LogP contribution in [0.3, 0.4) is 0 Å². The Kier molecular flexibility index (Phi) is 5.27. The van der Waals surface area contributed by atoms with E-state index in [1.807, 2.05) is 0 Å². The van der Waals surface area contributed by atoms with Gasteiger partial charge in [0.1, 0.15) is 0 Å². The Labute approximate surface area is 127 Å². The Hall–Kier alpha value is -1.95. The van der Waals surface area contributed by atoms with Crippen LogP contribution in [0.25, 0.3) is 0 Å². The lowest BCUT2D eigenvalue weighted by molar-refractivity contribution is -0.137. The third-order valence-electron chi connectivity index (χ3n) is 3.04. The zero-order chi connectivity index (χ0) is 15.2. The zero-order valence-electron chi connectivity index (χ0n) is 11.4. The number of ether oxygens (including phenoxy) is 2. The van der Waals surface area contributed by atoms with Gasteiger partial charge in [0.2, 0.25) is 6.79 Å². The molecule has 1 aliphatic heterocycles. The number of hydrogen-bond donors (Lipinski definition) is 2. The van der Waals surface area contributed by atoms with Gasteiger partial charge in [0.05, 0.1) is 5.02 Å². The molecule has 0 bridgehead atoms. The van der Waals surface area contributed by atoms with E-state index in [1.54, 1.807) is 6.07 Å². The van der Waals surface area contributed by atoms with Gasteiger partial charge in [-0.05, 0) is 25.0 Å². The topological polar surface area (TPSA) is 84.9 Å². The summed E-state index contributed by atoms with van der Waals surface area (Å²) in [6, 6.07) is 3.13. The predicted molar refractivity (Wildman–Crippen MR) is 76.0 cm³/mol. The molecular formula is C14H16ClNO5. The van der Waals surface area contributed by atoms with Crippen molar-refractivity contribution in [1.29, 1.82) is 0 Å². The van der Waals surface area contributed by atoms with Crippen molar-refractivity contribution in [3.63, 3.8) is 0 Å². The Bertz CT molecular complexity index is 546. The van der Waals surface area contributed by atoms with Crippen molar-refractivity contribution in [2.75, 3.05) is 13.3 Å². The normalized spacial score (nSPS) is 12.2. The fourth-order valence-corrected chi connectivity index (χ4v) is 2.25. The summed E-state index contributed by atoms with van der Waals surface area (Å²) in [5, 5.41) is 11.6. The molecule has 7 heteroatoms. The predicted octanol–water partition coefficient (Wildman–Crippen LogP) is 2.44. The molecule has 1 aromatic carbocycles. The Balaban J connectivity index is 1.79. The van der Waals surface area contributed by atoms with E-state index < -0.39 is 5.97 Å². The molecule has 0 unspecified atom stereocenters. The molecule has 0 saturated heterocycles. The molecule has 0 saturated carbocycles. The van der Waals surface area contributed by atoms with Gasteiger partial charge in [-0.25, -0.2) is 0 Å². The average Bonchev–Trinajstić information content (AvgIpc) is 2.91. The number of benzene rings is 1. The number of rotatable bonds is 7. The van der Waals surface area contributed by atoms with Crippen LogP contribution in [0.2, 0.25) is 5.02 Å². The highest BCUT2D eigenvalue weighted by Gasteiger charge is 2.20. The molecule has 114 valence electrons. The van der Waals surface area contributed by atoms with Gasteiger partial charge in [0, 0.05) is 18.5 Å². The first-order chi connectivity index (χ1) is 10.1. The zero-order valence-corrected chi connectivity index (χ0v) is 12.1. The molecule has 2 rings (SSSR count). The number of amides is 1. The van der Waals surface area contributed by atoms with Crippen LogP contribution >= 0.6 is 11.6 Å². The smallest absolute Gasteiger partial charge is 0.303 e. The third kappa shape index (κ3) is 4.26. The number of halogens is 1. The summed E-state index contributed by atoms with van der Waals surface area (Å²) in [7, 11) is 0. The first-order valence-electron chi connectivity index (χ1n) is 6.67. The molecule has 0 fully saturated rings. The molecule has 1 aromatic rings. The molecule has 1 heterocycles. The molecule has 1 aliphatic rings. The van der Waals surface area contributed by atoms with Crippen LogP contribution in [-0.2, 0) is 4.79 Å². The molecule has 21 heavy (non-hydrogen) atoms. The number of hydrogen-bond acceptors (Lipinski definition) is 4. The fourth-order valence-electron chi connectivity index (χ4n) is 1.98. The number of carbonyl (C=O) groups is 2.